The van der Waals surface area contributed by atoms with Gasteiger partial charge in [0.1, 0.15) is 30.4 Å². The van der Waals surface area contributed by atoms with E-state index in [1.807, 2.05) is 30.3 Å². The van der Waals surface area contributed by atoms with Crippen LogP contribution in [0.3, 0.4) is 0 Å². The van der Waals surface area contributed by atoms with E-state index < -0.39 is 35.3 Å². The maximum absolute atomic E-state index is 13.4. The number of hydrogen-bond acceptors (Lipinski definition) is 7. The van der Waals surface area contributed by atoms with E-state index in [0.29, 0.717) is 12.2 Å². The van der Waals surface area contributed by atoms with Gasteiger partial charge >= 0.3 is 18.1 Å². The maximum Gasteiger partial charge on any atom is 0.407 e. The second kappa shape index (κ2) is 10.0. The molecule has 1 saturated heterocycles. The molecule has 2 aliphatic rings. The number of amides is 3. The Morgan fingerprint density at radius 3 is 2.38 bits per heavy atom. The van der Waals surface area contributed by atoms with E-state index in [0.717, 1.165) is 11.1 Å². The molecule has 0 radical (unpaired) electrons. The molecule has 11 nitrogen and oxygen atoms in total. The van der Waals surface area contributed by atoms with Crippen LogP contribution in [0.15, 0.2) is 36.5 Å². The molecule has 2 aliphatic heterocycles. The number of esters is 1. The summed E-state index contributed by atoms with van der Waals surface area (Å²) in [6, 6.07) is 8.29. The molecule has 3 amide bonds. The van der Waals surface area contributed by atoms with Crippen LogP contribution in [-0.4, -0.2) is 62.1 Å². The van der Waals surface area contributed by atoms with Crippen molar-refractivity contribution in [3.05, 3.63) is 53.3 Å². The molecule has 1 aromatic heterocycles. The van der Waals surface area contributed by atoms with Gasteiger partial charge in [0.05, 0.1) is 18.3 Å². The molecule has 3 heterocycles. The van der Waals surface area contributed by atoms with Crippen LogP contribution in [0.5, 0.6) is 0 Å². The van der Waals surface area contributed by atoms with Gasteiger partial charge in [0.25, 0.3) is 0 Å². The molecule has 0 saturated carbocycles. The lowest BCUT2D eigenvalue weighted by molar-refractivity contribution is -0.155. The molecule has 4 rings (SSSR count). The van der Waals surface area contributed by atoms with Crippen LogP contribution >= 0.6 is 0 Å². The fourth-order valence-corrected chi connectivity index (χ4v) is 4.35. The highest BCUT2D eigenvalue weighted by Gasteiger charge is 2.50. The monoisotopic (exact) mass is 513 g/mol. The number of rotatable bonds is 7. The lowest BCUT2D eigenvalue weighted by atomic mass is 9.98. The number of nitrogens with one attached hydrogen (secondary N) is 1. The predicted molar refractivity (Wildman–Crippen MR) is 133 cm³/mol. The van der Waals surface area contributed by atoms with Gasteiger partial charge in [-0.15, -0.1) is 0 Å². The van der Waals surface area contributed by atoms with E-state index in [1.54, 1.807) is 52.6 Å². The highest BCUT2D eigenvalue weighted by molar-refractivity contribution is 5.78. The molecular formula is C26H35N5O6. The third-order valence-electron chi connectivity index (χ3n) is 5.72. The first-order valence-electron chi connectivity index (χ1n) is 12.3. The molecule has 1 unspecified atom stereocenters. The van der Waals surface area contributed by atoms with Crippen molar-refractivity contribution >= 4 is 18.1 Å². The van der Waals surface area contributed by atoms with E-state index >= 15 is 0 Å². The number of carbonyl (C=O) groups excluding carboxylic acids is 3. The SMILES string of the molecule is CC(C)(C)OC(=O)Cn1cc2c(n1)C(CNC(=O)OC(C)(C)C)N1C[C@H]2N(OCc2ccccc2)C1=O. The summed E-state index contributed by atoms with van der Waals surface area (Å²) in [5, 5.41) is 8.74. The number of alkyl carbamates (subject to hydrolysis) is 1. The number of hydrogen-bond donors (Lipinski definition) is 1. The first-order chi connectivity index (χ1) is 17.3. The Kier molecular flexibility index (Phi) is 7.18. The average molecular weight is 514 g/mol. The summed E-state index contributed by atoms with van der Waals surface area (Å²) in [4.78, 5) is 45.7. The van der Waals surface area contributed by atoms with Gasteiger partial charge in [0, 0.05) is 18.3 Å². The minimum atomic E-state index is -0.659. The highest BCUT2D eigenvalue weighted by atomic mass is 16.7. The minimum Gasteiger partial charge on any atom is -0.459 e. The van der Waals surface area contributed by atoms with E-state index in [-0.39, 0.29) is 25.7 Å². The van der Waals surface area contributed by atoms with Gasteiger partial charge in [-0.2, -0.15) is 10.2 Å². The standard InChI is InChI=1S/C26H35N5O6/c1-25(2,3)36-21(32)15-29-13-18-20-14-30(24(34)31(20)35-16-17-10-8-7-9-11-17)19(22(18)28-29)12-27-23(33)37-26(4,5)6/h7-11,13,19-20H,12,14-16H2,1-6H3,(H,27,33)/t19?,20-/m1/s1. The number of carbonyl (C=O) groups is 3. The van der Waals surface area contributed by atoms with Crippen molar-refractivity contribution < 1.29 is 28.7 Å². The molecule has 1 fully saturated rings. The van der Waals surface area contributed by atoms with Crippen LogP contribution < -0.4 is 5.32 Å². The van der Waals surface area contributed by atoms with Crippen molar-refractivity contribution in [1.82, 2.24) is 25.1 Å². The van der Waals surface area contributed by atoms with E-state index in [4.69, 9.17) is 14.3 Å². The molecule has 2 atom stereocenters. The van der Waals surface area contributed by atoms with Crippen molar-refractivity contribution in [2.45, 2.75) is 78.0 Å². The molecular weight excluding hydrogens is 478 g/mol. The Morgan fingerprint density at radius 1 is 1.05 bits per heavy atom. The van der Waals surface area contributed by atoms with Crippen LogP contribution in [0.2, 0.25) is 0 Å². The molecule has 1 aromatic carbocycles. The molecule has 0 aliphatic carbocycles. The summed E-state index contributed by atoms with van der Waals surface area (Å²) >= 11 is 0. The molecule has 1 N–H and O–H groups in total. The summed E-state index contributed by atoms with van der Waals surface area (Å²) in [6.07, 6.45) is 1.16. The van der Waals surface area contributed by atoms with Gasteiger partial charge in [0.2, 0.25) is 0 Å². The Hall–Kier alpha value is -3.60. The topological polar surface area (TPSA) is 115 Å². The lowest BCUT2D eigenvalue weighted by Crippen LogP contribution is -2.42. The first-order valence-corrected chi connectivity index (χ1v) is 12.3. The van der Waals surface area contributed by atoms with Crippen molar-refractivity contribution in [3.63, 3.8) is 0 Å². The Balaban J connectivity index is 1.57. The molecule has 200 valence electrons. The number of ether oxygens (including phenoxy) is 2. The highest BCUT2D eigenvalue weighted by Crippen LogP contribution is 2.43. The summed E-state index contributed by atoms with van der Waals surface area (Å²) in [7, 11) is 0. The molecule has 11 heteroatoms. The number of nitrogens with zero attached hydrogens (tertiary/aromatic N) is 4. The number of urea groups is 1. The zero-order valence-corrected chi connectivity index (χ0v) is 22.2. The predicted octanol–water partition coefficient (Wildman–Crippen LogP) is 3.71. The zero-order chi connectivity index (χ0) is 27.0. The van der Waals surface area contributed by atoms with Gasteiger partial charge in [-0.3, -0.25) is 14.3 Å². The quantitative estimate of drug-likeness (QED) is 0.561. The summed E-state index contributed by atoms with van der Waals surface area (Å²) in [6.45, 7) is 11.3. The van der Waals surface area contributed by atoms with Crippen LogP contribution in [0.25, 0.3) is 0 Å². The average Bonchev–Trinajstić information content (AvgIpc) is 3.31. The zero-order valence-electron chi connectivity index (χ0n) is 22.2. The van der Waals surface area contributed by atoms with Gasteiger partial charge in [0.15, 0.2) is 0 Å². The third-order valence-corrected chi connectivity index (χ3v) is 5.72. The first kappa shape index (κ1) is 26.5. The second-order valence-corrected chi connectivity index (χ2v) is 11.2. The summed E-state index contributed by atoms with van der Waals surface area (Å²) in [5.74, 6) is -0.422. The van der Waals surface area contributed by atoms with Gasteiger partial charge < -0.3 is 19.7 Å². The normalized spacial score (nSPS) is 19.0. The number of hydroxylamine groups is 2. The van der Waals surface area contributed by atoms with Crippen LogP contribution in [0.4, 0.5) is 9.59 Å². The smallest absolute Gasteiger partial charge is 0.407 e. The van der Waals surface area contributed by atoms with Crippen molar-refractivity contribution in [2.75, 3.05) is 13.1 Å². The van der Waals surface area contributed by atoms with E-state index in [2.05, 4.69) is 10.4 Å². The maximum atomic E-state index is 13.4. The fraction of sp³-hybridized carbons (Fsp3) is 0.538. The Labute approximate surface area is 216 Å². The molecule has 2 bridgehead atoms. The van der Waals surface area contributed by atoms with Crippen molar-refractivity contribution in [2.24, 2.45) is 0 Å². The number of fused-ring (bicyclic) bond motifs is 4. The largest absolute Gasteiger partial charge is 0.459 e. The Morgan fingerprint density at radius 2 is 1.73 bits per heavy atom. The second-order valence-electron chi connectivity index (χ2n) is 11.2. The third kappa shape index (κ3) is 6.40. The van der Waals surface area contributed by atoms with Gasteiger partial charge in [-0.05, 0) is 47.1 Å². The number of aromatic nitrogens is 2. The molecule has 0 spiro atoms. The van der Waals surface area contributed by atoms with Crippen LogP contribution in [0, 0.1) is 0 Å². The summed E-state index contributed by atoms with van der Waals surface area (Å²) in [5.41, 5.74) is 0.997. The van der Waals surface area contributed by atoms with Crippen LogP contribution in [0.1, 0.15) is 70.4 Å². The fourth-order valence-electron chi connectivity index (χ4n) is 4.35. The molecule has 2 aromatic rings. The number of benzene rings is 1. The van der Waals surface area contributed by atoms with Gasteiger partial charge in [-0.1, -0.05) is 30.3 Å². The van der Waals surface area contributed by atoms with E-state index in [1.165, 1.54) is 9.75 Å². The van der Waals surface area contributed by atoms with Crippen molar-refractivity contribution in [1.29, 1.82) is 0 Å². The van der Waals surface area contributed by atoms with Crippen LogP contribution in [-0.2, 0) is 32.3 Å². The Bertz CT molecular complexity index is 1150. The lowest BCUT2D eigenvalue weighted by Gasteiger charge is -2.30. The minimum absolute atomic E-state index is 0.0813. The summed E-state index contributed by atoms with van der Waals surface area (Å²) < 4.78 is 12.3. The van der Waals surface area contributed by atoms with Crippen molar-refractivity contribution in [3.8, 4) is 0 Å². The van der Waals surface area contributed by atoms with E-state index in [9.17, 15) is 14.4 Å². The molecule has 37 heavy (non-hydrogen) atoms. The van der Waals surface area contributed by atoms with Gasteiger partial charge in [-0.25, -0.2) is 9.59 Å².